The summed E-state index contributed by atoms with van der Waals surface area (Å²) in [6.45, 7) is 2.77. The molecule has 0 saturated carbocycles. The highest BCUT2D eigenvalue weighted by atomic mass is 16.5. The van der Waals surface area contributed by atoms with Gasteiger partial charge in [-0.25, -0.2) is 4.79 Å². The monoisotopic (exact) mass is 278 g/mol. The Morgan fingerprint density at radius 2 is 2.00 bits per heavy atom. The maximum Gasteiger partial charge on any atom is 0.312 e. The summed E-state index contributed by atoms with van der Waals surface area (Å²) >= 11 is 0. The average molecular weight is 278 g/mol. The van der Waals surface area contributed by atoms with Crippen molar-refractivity contribution in [3.63, 3.8) is 0 Å². The van der Waals surface area contributed by atoms with E-state index < -0.39 is 6.03 Å². The SMILES string of the molecule is CCC(CC(=O)OCCCNC(N)=O)c1ccccc1. The van der Waals surface area contributed by atoms with Crippen LogP contribution in [-0.2, 0) is 9.53 Å². The van der Waals surface area contributed by atoms with Crippen LogP contribution >= 0.6 is 0 Å². The van der Waals surface area contributed by atoms with Crippen LogP contribution in [0.25, 0.3) is 0 Å². The maximum atomic E-state index is 11.7. The van der Waals surface area contributed by atoms with E-state index in [-0.39, 0.29) is 11.9 Å². The minimum atomic E-state index is -0.563. The molecule has 110 valence electrons. The van der Waals surface area contributed by atoms with Gasteiger partial charge in [0.25, 0.3) is 0 Å². The summed E-state index contributed by atoms with van der Waals surface area (Å²) in [6, 6.07) is 9.39. The van der Waals surface area contributed by atoms with Crippen molar-refractivity contribution in [2.45, 2.75) is 32.1 Å². The molecule has 0 aliphatic heterocycles. The van der Waals surface area contributed by atoms with E-state index in [0.29, 0.717) is 26.0 Å². The van der Waals surface area contributed by atoms with E-state index in [0.717, 1.165) is 12.0 Å². The lowest BCUT2D eigenvalue weighted by molar-refractivity contribution is -0.144. The van der Waals surface area contributed by atoms with Gasteiger partial charge in [-0.3, -0.25) is 4.79 Å². The molecule has 20 heavy (non-hydrogen) atoms. The van der Waals surface area contributed by atoms with Crippen molar-refractivity contribution in [3.8, 4) is 0 Å². The fraction of sp³-hybridized carbons (Fsp3) is 0.467. The first kappa shape index (κ1) is 16.0. The number of ether oxygens (including phenoxy) is 1. The van der Waals surface area contributed by atoms with Crippen LogP contribution in [0, 0.1) is 0 Å². The summed E-state index contributed by atoms with van der Waals surface area (Å²) in [7, 11) is 0. The molecule has 0 spiro atoms. The van der Waals surface area contributed by atoms with Crippen LogP contribution in [0.4, 0.5) is 4.79 Å². The zero-order valence-electron chi connectivity index (χ0n) is 11.8. The molecule has 1 unspecified atom stereocenters. The van der Waals surface area contributed by atoms with Crippen molar-refractivity contribution < 1.29 is 14.3 Å². The molecule has 0 bridgehead atoms. The van der Waals surface area contributed by atoms with Gasteiger partial charge in [0.05, 0.1) is 13.0 Å². The van der Waals surface area contributed by atoms with Crippen molar-refractivity contribution in [1.29, 1.82) is 0 Å². The van der Waals surface area contributed by atoms with Crippen molar-refractivity contribution >= 4 is 12.0 Å². The Morgan fingerprint density at radius 3 is 2.60 bits per heavy atom. The second-order valence-corrected chi connectivity index (χ2v) is 4.59. The highest BCUT2D eigenvalue weighted by molar-refractivity contribution is 5.71. The summed E-state index contributed by atoms with van der Waals surface area (Å²) in [5, 5.41) is 2.44. The number of carbonyl (C=O) groups is 2. The number of hydrogen-bond acceptors (Lipinski definition) is 3. The van der Waals surface area contributed by atoms with E-state index in [2.05, 4.69) is 12.2 Å². The van der Waals surface area contributed by atoms with Crippen LogP contribution in [0.2, 0.25) is 0 Å². The molecule has 1 aromatic rings. The molecule has 0 aliphatic carbocycles. The number of primary amides is 1. The van der Waals surface area contributed by atoms with Crippen molar-refractivity contribution in [2.24, 2.45) is 5.73 Å². The minimum absolute atomic E-state index is 0.187. The van der Waals surface area contributed by atoms with Crippen LogP contribution in [0.15, 0.2) is 30.3 Å². The predicted molar refractivity (Wildman–Crippen MR) is 77.3 cm³/mol. The molecule has 0 aromatic heterocycles. The first-order valence-corrected chi connectivity index (χ1v) is 6.87. The number of benzene rings is 1. The first-order valence-electron chi connectivity index (χ1n) is 6.87. The highest BCUT2D eigenvalue weighted by Crippen LogP contribution is 2.23. The van der Waals surface area contributed by atoms with Crippen LogP contribution in [-0.4, -0.2) is 25.2 Å². The zero-order chi connectivity index (χ0) is 14.8. The number of urea groups is 1. The van der Waals surface area contributed by atoms with E-state index in [1.54, 1.807) is 0 Å². The highest BCUT2D eigenvalue weighted by Gasteiger charge is 2.14. The summed E-state index contributed by atoms with van der Waals surface area (Å²) in [6.07, 6.45) is 1.84. The molecule has 1 atom stereocenters. The number of amides is 2. The smallest absolute Gasteiger partial charge is 0.312 e. The van der Waals surface area contributed by atoms with Gasteiger partial charge in [0.1, 0.15) is 0 Å². The number of hydrogen-bond donors (Lipinski definition) is 2. The van der Waals surface area contributed by atoms with Crippen LogP contribution in [0.1, 0.15) is 37.7 Å². The van der Waals surface area contributed by atoms with E-state index in [4.69, 9.17) is 10.5 Å². The number of nitrogens with one attached hydrogen (secondary N) is 1. The first-order chi connectivity index (χ1) is 9.63. The van der Waals surface area contributed by atoms with Gasteiger partial charge >= 0.3 is 12.0 Å². The summed E-state index contributed by atoms with van der Waals surface area (Å²) in [5.41, 5.74) is 6.08. The summed E-state index contributed by atoms with van der Waals surface area (Å²) in [5.74, 6) is -0.0211. The number of nitrogens with two attached hydrogens (primary N) is 1. The molecule has 3 N–H and O–H groups in total. The predicted octanol–water partition coefficient (Wildman–Crippen LogP) is 2.17. The van der Waals surface area contributed by atoms with Gasteiger partial charge in [0.15, 0.2) is 0 Å². The fourth-order valence-electron chi connectivity index (χ4n) is 1.95. The van der Waals surface area contributed by atoms with Gasteiger partial charge in [0, 0.05) is 6.54 Å². The van der Waals surface area contributed by atoms with Gasteiger partial charge in [-0.1, -0.05) is 37.3 Å². The third-order valence-corrected chi connectivity index (χ3v) is 3.06. The Morgan fingerprint density at radius 1 is 1.30 bits per heavy atom. The molecule has 0 aliphatic rings. The lowest BCUT2D eigenvalue weighted by Gasteiger charge is -2.14. The summed E-state index contributed by atoms with van der Waals surface area (Å²) in [4.78, 5) is 22.2. The third-order valence-electron chi connectivity index (χ3n) is 3.06. The average Bonchev–Trinajstić information content (AvgIpc) is 2.45. The molecular weight excluding hydrogens is 256 g/mol. The van der Waals surface area contributed by atoms with Crippen molar-refractivity contribution in [2.75, 3.05) is 13.2 Å². The maximum absolute atomic E-state index is 11.7. The molecule has 1 aromatic carbocycles. The number of rotatable bonds is 8. The molecule has 0 saturated heterocycles. The van der Waals surface area contributed by atoms with Crippen LogP contribution in [0.3, 0.4) is 0 Å². The van der Waals surface area contributed by atoms with Crippen molar-refractivity contribution in [1.82, 2.24) is 5.32 Å². The lowest BCUT2D eigenvalue weighted by Crippen LogP contribution is -2.30. The van der Waals surface area contributed by atoms with Crippen LogP contribution < -0.4 is 11.1 Å². The standard InChI is InChI=1S/C15H22N2O3/c1-2-12(13-7-4-3-5-8-13)11-14(18)20-10-6-9-17-15(16)19/h3-5,7-8,12H,2,6,9-11H2,1H3,(H3,16,17,19). The largest absolute Gasteiger partial charge is 0.466 e. The molecule has 0 heterocycles. The quantitative estimate of drug-likeness (QED) is 0.565. The Hall–Kier alpha value is -2.04. The molecule has 0 radical (unpaired) electrons. The van der Waals surface area contributed by atoms with Gasteiger partial charge in [-0.15, -0.1) is 0 Å². The Kier molecular flexibility index (Phi) is 7.17. The second kappa shape index (κ2) is 8.96. The molecule has 0 fully saturated rings. The third kappa shape index (κ3) is 6.22. The Bertz CT molecular complexity index is 420. The number of esters is 1. The normalized spacial score (nSPS) is 11.7. The second-order valence-electron chi connectivity index (χ2n) is 4.59. The van der Waals surface area contributed by atoms with Crippen LogP contribution in [0.5, 0.6) is 0 Å². The number of carbonyl (C=O) groups excluding carboxylic acids is 2. The van der Waals surface area contributed by atoms with Gasteiger partial charge in [0.2, 0.25) is 0 Å². The van der Waals surface area contributed by atoms with Crippen molar-refractivity contribution in [3.05, 3.63) is 35.9 Å². The fourth-order valence-corrected chi connectivity index (χ4v) is 1.95. The molecule has 1 rings (SSSR count). The van der Waals surface area contributed by atoms with E-state index in [1.807, 2.05) is 30.3 Å². The van der Waals surface area contributed by atoms with Gasteiger partial charge in [-0.05, 0) is 24.3 Å². The van der Waals surface area contributed by atoms with E-state index >= 15 is 0 Å². The summed E-state index contributed by atoms with van der Waals surface area (Å²) < 4.78 is 5.15. The zero-order valence-corrected chi connectivity index (χ0v) is 11.8. The Balaban J connectivity index is 2.28. The van der Waals surface area contributed by atoms with Gasteiger partial charge in [-0.2, -0.15) is 0 Å². The lowest BCUT2D eigenvalue weighted by atomic mass is 9.93. The molecule has 5 nitrogen and oxygen atoms in total. The van der Waals surface area contributed by atoms with E-state index in [1.165, 1.54) is 0 Å². The molecule has 2 amide bonds. The Labute approximate surface area is 119 Å². The molecular formula is C15H22N2O3. The van der Waals surface area contributed by atoms with Gasteiger partial charge < -0.3 is 15.8 Å². The topological polar surface area (TPSA) is 81.4 Å². The van der Waals surface area contributed by atoms with E-state index in [9.17, 15) is 9.59 Å². The molecule has 5 heteroatoms. The minimum Gasteiger partial charge on any atom is -0.466 e.